The first-order valence-corrected chi connectivity index (χ1v) is 12.3. The number of hydrazine groups is 1. The summed E-state index contributed by atoms with van der Waals surface area (Å²) in [5.41, 5.74) is 7.41. The van der Waals surface area contributed by atoms with Crippen molar-refractivity contribution in [2.45, 2.75) is 82.2 Å². The lowest BCUT2D eigenvalue weighted by Gasteiger charge is -2.49. The van der Waals surface area contributed by atoms with E-state index in [0.29, 0.717) is 30.6 Å². The normalized spacial score (nSPS) is 29.8. The van der Waals surface area contributed by atoms with E-state index in [0.717, 1.165) is 54.1 Å². The highest BCUT2D eigenvalue weighted by Crippen LogP contribution is 2.36. The number of halogens is 1. The van der Waals surface area contributed by atoms with E-state index in [4.69, 9.17) is 9.72 Å². The van der Waals surface area contributed by atoms with Crippen LogP contribution in [0, 0.1) is 0 Å². The lowest BCUT2D eigenvalue weighted by atomic mass is 9.81. The molecule has 3 saturated heterocycles. The summed E-state index contributed by atoms with van der Waals surface area (Å²) in [4.78, 5) is 12.2. The predicted octanol–water partition coefficient (Wildman–Crippen LogP) is 3.42. The Labute approximate surface area is 195 Å². The Balaban J connectivity index is 1.39. The van der Waals surface area contributed by atoms with E-state index >= 15 is 0 Å². The van der Waals surface area contributed by atoms with Crippen LogP contribution in [0.2, 0.25) is 0 Å². The summed E-state index contributed by atoms with van der Waals surface area (Å²) in [5, 5.41) is 8.24. The third-order valence-corrected chi connectivity index (χ3v) is 7.32. The van der Waals surface area contributed by atoms with Gasteiger partial charge in [0.2, 0.25) is 0 Å². The summed E-state index contributed by atoms with van der Waals surface area (Å²) < 4.78 is 18.3. The SMILES string of the molecule is COc1cnc2cc(NC3CC(C)NN3)nc(NC3C[C@H]4CCC[C@@H](C3)N4CCCF)c2c1. The molecule has 5 atom stereocenters. The molecule has 0 spiro atoms. The van der Waals surface area contributed by atoms with E-state index in [1.54, 1.807) is 13.3 Å². The number of methoxy groups -OCH3 is 1. The van der Waals surface area contributed by atoms with Crippen molar-refractivity contribution < 1.29 is 9.13 Å². The van der Waals surface area contributed by atoms with E-state index in [1.807, 2.05) is 12.1 Å². The molecule has 3 unspecified atom stereocenters. The lowest BCUT2D eigenvalue weighted by molar-refractivity contribution is 0.0327. The number of pyridine rings is 2. The van der Waals surface area contributed by atoms with Crippen LogP contribution in [0.25, 0.3) is 10.9 Å². The minimum absolute atomic E-state index is 0.120. The van der Waals surface area contributed by atoms with E-state index in [1.165, 1.54) is 19.3 Å². The van der Waals surface area contributed by atoms with Crippen LogP contribution in [0.15, 0.2) is 18.3 Å². The Hall–Kier alpha value is -2.23. The largest absolute Gasteiger partial charge is 0.495 e. The smallest absolute Gasteiger partial charge is 0.138 e. The molecule has 0 saturated carbocycles. The molecule has 3 fully saturated rings. The Morgan fingerprint density at radius 2 is 1.97 bits per heavy atom. The highest BCUT2D eigenvalue weighted by molar-refractivity contribution is 5.92. The van der Waals surface area contributed by atoms with Crippen molar-refractivity contribution in [2.24, 2.45) is 0 Å². The van der Waals surface area contributed by atoms with Crippen LogP contribution in [-0.2, 0) is 0 Å². The molecule has 9 heteroatoms. The quantitative estimate of drug-likeness (QED) is 0.480. The summed E-state index contributed by atoms with van der Waals surface area (Å²) >= 11 is 0. The number of piperidine rings is 2. The molecular formula is C24H36FN7O. The molecule has 0 amide bonds. The molecule has 0 aliphatic carbocycles. The summed E-state index contributed by atoms with van der Waals surface area (Å²) in [6.45, 7) is 2.80. The monoisotopic (exact) mass is 457 g/mol. The van der Waals surface area contributed by atoms with Gasteiger partial charge < -0.3 is 15.4 Å². The molecule has 2 aromatic heterocycles. The van der Waals surface area contributed by atoms with Gasteiger partial charge in [-0.15, -0.1) is 0 Å². The maximum absolute atomic E-state index is 12.8. The van der Waals surface area contributed by atoms with Crippen LogP contribution >= 0.6 is 0 Å². The van der Waals surface area contributed by atoms with E-state index in [-0.39, 0.29) is 12.8 Å². The Bertz CT molecular complexity index is 946. The zero-order valence-electron chi connectivity index (χ0n) is 19.6. The van der Waals surface area contributed by atoms with Gasteiger partial charge >= 0.3 is 0 Å². The number of nitrogens with zero attached hydrogens (tertiary/aromatic N) is 3. The number of hydrogen-bond donors (Lipinski definition) is 4. The number of ether oxygens (including phenoxy) is 1. The van der Waals surface area contributed by atoms with Crippen LogP contribution < -0.4 is 26.2 Å². The molecule has 0 radical (unpaired) electrons. The molecule has 2 aromatic rings. The van der Waals surface area contributed by atoms with E-state index < -0.39 is 0 Å². The first-order valence-electron chi connectivity index (χ1n) is 12.3. The minimum atomic E-state index is -0.230. The molecule has 2 bridgehead atoms. The average molecular weight is 458 g/mol. The number of alkyl halides is 1. The standard InChI is InChI=1S/C24H36FN7O/c1-15-9-23(31-30-15)28-22-13-21-20(12-19(33-2)14-26-21)24(29-22)27-16-10-17-5-3-6-18(11-16)32(17)8-4-7-25/h12-18,23,30-31H,3-11H2,1-2H3,(H2,27,28,29)/t15?,16?,17-,18+,23?. The van der Waals surface area contributed by atoms with Crippen molar-refractivity contribution in [3.63, 3.8) is 0 Å². The maximum Gasteiger partial charge on any atom is 0.138 e. The zero-order valence-corrected chi connectivity index (χ0v) is 19.6. The molecular weight excluding hydrogens is 421 g/mol. The summed E-state index contributed by atoms with van der Waals surface area (Å²) in [6, 6.07) is 5.80. The van der Waals surface area contributed by atoms with Crippen LogP contribution in [0.5, 0.6) is 5.75 Å². The molecule has 4 N–H and O–H groups in total. The molecule has 33 heavy (non-hydrogen) atoms. The van der Waals surface area contributed by atoms with Crippen molar-refractivity contribution in [2.75, 3.05) is 31.0 Å². The van der Waals surface area contributed by atoms with Crippen molar-refractivity contribution in [1.29, 1.82) is 0 Å². The van der Waals surface area contributed by atoms with Gasteiger partial charge in [0, 0.05) is 42.2 Å². The average Bonchev–Trinajstić information content (AvgIpc) is 3.21. The van der Waals surface area contributed by atoms with Gasteiger partial charge in [-0.25, -0.2) is 10.4 Å². The fraction of sp³-hybridized carbons (Fsp3) is 0.667. The number of anilines is 2. The molecule has 0 aromatic carbocycles. The predicted molar refractivity (Wildman–Crippen MR) is 129 cm³/mol. The Kier molecular flexibility index (Phi) is 6.80. The fourth-order valence-corrected chi connectivity index (χ4v) is 5.78. The van der Waals surface area contributed by atoms with Crippen LogP contribution in [0.4, 0.5) is 16.0 Å². The van der Waals surface area contributed by atoms with Gasteiger partial charge in [-0.2, -0.15) is 0 Å². The number of nitrogens with one attached hydrogen (secondary N) is 4. The topological polar surface area (TPSA) is 86.4 Å². The first kappa shape index (κ1) is 22.6. The minimum Gasteiger partial charge on any atom is -0.495 e. The highest BCUT2D eigenvalue weighted by Gasteiger charge is 2.38. The van der Waals surface area contributed by atoms with Crippen LogP contribution in [0.1, 0.15) is 51.9 Å². The third kappa shape index (κ3) is 5.00. The van der Waals surface area contributed by atoms with Gasteiger partial charge in [0.15, 0.2) is 0 Å². The fourth-order valence-electron chi connectivity index (χ4n) is 5.78. The Morgan fingerprint density at radius 1 is 1.15 bits per heavy atom. The second-order valence-corrected chi connectivity index (χ2v) is 9.75. The molecule has 3 aliphatic rings. The number of aromatic nitrogens is 2. The van der Waals surface area contributed by atoms with Gasteiger partial charge in [0.25, 0.3) is 0 Å². The number of rotatable bonds is 8. The van der Waals surface area contributed by atoms with Crippen molar-refractivity contribution in [1.82, 2.24) is 25.7 Å². The lowest BCUT2D eigenvalue weighted by Crippen LogP contribution is -2.55. The molecule has 180 valence electrons. The summed E-state index contributed by atoms with van der Waals surface area (Å²) in [6.07, 6.45) is 9.28. The first-order chi connectivity index (χ1) is 16.1. The summed E-state index contributed by atoms with van der Waals surface area (Å²) in [7, 11) is 1.66. The second kappa shape index (κ2) is 9.95. The van der Waals surface area contributed by atoms with Gasteiger partial charge in [0.05, 0.1) is 31.7 Å². The maximum atomic E-state index is 12.8. The van der Waals surface area contributed by atoms with Gasteiger partial charge in [-0.1, -0.05) is 6.42 Å². The number of hydrogen-bond acceptors (Lipinski definition) is 8. The second-order valence-electron chi connectivity index (χ2n) is 9.75. The van der Waals surface area contributed by atoms with Crippen molar-refractivity contribution >= 4 is 22.5 Å². The highest BCUT2D eigenvalue weighted by atomic mass is 19.1. The summed E-state index contributed by atoms with van der Waals surface area (Å²) in [5.74, 6) is 2.37. The molecule has 3 aliphatic heterocycles. The van der Waals surface area contributed by atoms with Crippen molar-refractivity contribution in [3.05, 3.63) is 18.3 Å². The van der Waals surface area contributed by atoms with Gasteiger partial charge in [-0.05, 0) is 51.5 Å². The van der Waals surface area contributed by atoms with Crippen LogP contribution in [-0.4, -0.2) is 65.5 Å². The number of fused-ring (bicyclic) bond motifs is 3. The molecule has 8 nitrogen and oxygen atoms in total. The zero-order chi connectivity index (χ0) is 22.8. The van der Waals surface area contributed by atoms with Crippen LogP contribution in [0.3, 0.4) is 0 Å². The van der Waals surface area contributed by atoms with E-state index in [9.17, 15) is 4.39 Å². The third-order valence-electron chi connectivity index (χ3n) is 7.32. The van der Waals surface area contributed by atoms with Gasteiger partial charge in [0.1, 0.15) is 17.4 Å². The Morgan fingerprint density at radius 3 is 2.67 bits per heavy atom. The van der Waals surface area contributed by atoms with E-state index in [2.05, 4.69) is 38.3 Å². The molecule has 5 heterocycles. The van der Waals surface area contributed by atoms with Crippen molar-refractivity contribution in [3.8, 4) is 5.75 Å². The molecule has 5 rings (SSSR count). The van der Waals surface area contributed by atoms with Gasteiger partial charge in [-0.3, -0.25) is 19.7 Å².